The van der Waals surface area contributed by atoms with E-state index < -0.39 is 0 Å². The van der Waals surface area contributed by atoms with Crippen molar-refractivity contribution in [3.05, 3.63) is 58.9 Å². The van der Waals surface area contributed by atoms with Gasteiger partial charge in [0.25, 0.3) is 5.91 Å². The Kier molecular flexibility index (Phi) is 4.63. The zero-order chi connectivity index (χ0) is 18.1. The molecule has 0 radical (unpaired) electrons. The van der Waals surface area contributed by atoms with E-state index in [-0.39, 0.29) is 12.5 Å². The Morgan fingerprint density at radius 1 is 1.15 bits per heavy atom. The van der Waals surface area contributed by atoms with Gasteiger partial charge in [-0.3, -0.25) is 4.79 Å². The van der Waals surface area contributed by atoms with Gasteiger partial charge in [0.1, 0.15) is 5.65 Å². The number of ether oxygens (including phenoxy) is 1. The first-order valence-electron chi connectivity index (χ1n) is 8.42. The quantitative estimate of drug-likeness (QED) is 0.768. The van der Waals surface area contributed by atoms with Crippen LogP contribution in [-0.2, 0) is 11.3 Å². The van der Waals surface area contributed by atoms with Gasteiger partial charge in [-0.25, -0.2) is 4.98 Å². The average Bonchev–Trinajstić information content (AvgIpc) is 3.06. The molecule has 3 heterocycles. The number of hydrogen-bond donors (Lipinski definition) is 1. The predicted octanol–water partition coefficient (Wildman–Crippen LogP) is 2.62. The standard InChI is InChI=1S/C19H18ClN3O3/c20-15-4-1-13(2-5-15)18-16(12-24)23-11-14(3-6-17(23)21-18)19(25)22-7-9-26-10-8-22/h1-6,11,24H,7-10,12H2. The molecule has 0 unspecified atom stereocenters. The van der Waals surface area contributed by atoms with Crippen LogP contribution in [0.15, 0.2) is 42.6 Å². The monoisotopic (exact) mass is 371 g/mol. The summed E-state index contributed by atoms with van der Waals surface area (Å²) < 4.78 is 7.08. The van der Waals surface area contributed by atoms with Crippen molar-refractivity contribution in [2.75, 3.05) is 26.3 Å². The Hall–Kier alpha value is -2.41. The molecule has 0 saturated carbocycles. The van der Waals surface area contributed by atoms with Crippen LogP contribution in [0.3, 0.4) is 0 Å². The van der Waals surface area contributed by atoms with Gasteiger partial charge in [0.15, 0.2) is 0 Å². The number of benzene rings is 1. The molecule has 0 aliphatic carbocycles. The summed E-state index contributed by atoms with van der Waals surface area (Å²) in [6.45, 7) is 2.10. The molecule has 6 nitrogen and oxygen atoms in total. The SMILES string of the molecule is O=C(c1ccc2nc(-c3ccc(Cl)cc3)c(CO)n2c1)N1CCOCC1. The molecule has 1 aliphatic rings. The Bertz CT molecular complexity index is 947. The highest BCUT2D eigenvalue weighted by Gasteiger charge is 2.20. The number of amides is 1. The van der Waals surface area contributed by atoms with Crippen molar-refractivity contribution >= 4 is 23.2 Å². The fourth-order valence-electron chi connectivity index (χ4n) is 3.16. The molecule has 4 rings (SSSR count). The second-order valence-corrected chi connectivity index (χ2v) is 6.56. The molecule has 1 saturated heterocycles. The maximum atomic E-state index is 12.7. The topological polar surface area (TPSA) is 67.1 Å². The van der Waals surface area contributed by atoms with E-state index in [1.807, 2.05) is 12.1 Å². The molecule has 0 bridgehead atoms. The Morgan fingerprint density at radius 2 is 1.88 bits per heavy atom. The van der Waals surface area contributed by atoms with Gasteiger partial charge in [0.2, 0.25) is 0 Å². The van der Waals surface area contributed by atoms with Gasteiger partial charge in [0, 0.05) is 29.9 Å². The largest absolute Gasteiger partial charge is 0.390 e. The zero-order valence-corrected chi connectivity index (χ0v) is 14.8. The molecule has 7 heteroatoms. The van der Waals surface area contributed by atoms with Crippen molar-refractivity contribution < 1.29 is 14.6 Å². The fraction of sp³-hybridized carbons (Fsp3) is 0.263. The minimum atomic E-state index is -0.186. The highest BCUT2D eigenvalue weighted by molar-refractivity contribution is 6.30. The number of imidazole rings is 1. The number of nitrogens with zero attached hydrogens (tertiary/aromatic N) is 3. The molecule has 1 N–H and O–H groups in total. The molecular formula is C19H18ClN3O3. The number of carbonyl (C=O) groups is 1. The maximum absolute atomic E-state index is 12.7. The molecule has 1 fully saturated rings. The summed E-state index contributed by atoms with van der Waals surface area (Å²) in [4.78, 5) is 19.1. The van der Waals surface area contributed by atoms with Gasteiger partial charge in [-0.05, 0) is 24.3 Å². The van der Waals surface area contributed by atoms with Crippen LogP contribution in [0.25, 0.3) is 16.9 Å². The summed E-state index contributed by atoms with van der Waals surface area (Å²) >= 11 is 5.95. The first-order chi connectivity index (χ1) is 12.7. The Morgan fingerprint density at radius 3 is 2.58 bits per heavy atom. The average molecular weight is 372 g/mol. The van der Waals surface area contributed by atoms with E-state index in [1.54, 1.807) is 39.8 Å². The van der Waals surface area contributed by atoms with Gasteiger partial charge in [0.05, 0.1) is 36.8 Å². The number of carbonyl (C=O) groups excluding carboxylic acids is 1. The third-order valence-corrected chi connectivity index (χ3v) is 4.78. The summed E-state index contributed by atoms with van der Waals surface area (Å²) in [7, 11) is 0. The van der Waals surface area contributed by atoms with Crippen LogP contribution in [0, 0.1) is 0 Å². The lowest BCUT2D eigenvalue weighted by Crippen LogP contribution is -2.40. The van der Waals surface area contributed by atoms with Crippen LogP contribution >= 0.6 is 11.6 Å². The van der Waals surface area contributed by atoms with Crippen LogP contribution < -0.4 is 0 Å². The van der Waals surface area contributed by atoms with E-state index in [9.17, 15) is 9.90 Å². The number of rotatable bonds is 3. The fourth-order valence-corrected chi connectivity index (χ4v) is 3.28. The Balaban J connectivity index is 1.75. The minimum Gasteiger partial charge on any atom is -0.390 e. The van der Waals surface area contributed by atoms with Crippen molar-refractivity contribution in [1.82, 2.24) is 14.3 Å². The van der Waals surface area contributed by atoms with Crippen molar-refractivity contribution in [2.45, 2.75) is 6.61 Å². The predicted molar refractivity (Wildman–Crippen MR) is 98.3 cm³/mol. The zero-order valence-electron chi connectivity index (χ0n) is 14.1. The summed E-state index contributed by atoms with van der Waals surface area (Å²) in [5, 5.41) is 10.5. The van der Waals surface area contributed by atoms with Crippen LogP contribution in [0.2, 0.25) is 5.02 Å². The highest BCUT2D eigenvalue weighted by atomic mass is 35.5. The van der Waals surface area contributed by atoms with E-state index in [0.29, 0.717) is 53.9 Å². The van der Waals surface area contributed by atoms with Gasteiger partial charge in [-0.1, -0.05) is 23.7 Å². The van der Waals surface area contributed by atoms with Crippen molar-refractivity contribution in [3.8, 4) is 11.3 Å². The third-order valence-electron chi connectivity index (χ3n) is 4.53. The first kappa shape index (κ1) is 17.0. The lowest BCUT2D eigenvalue weighted by Gasteiger charge is -2.26. The van der Waals surface area contributed by atoms with E-state index in [4.69, 9.17) is 16.3 Å². The number of fused-ring (bicyclic) bond motifs is 1. The first-order valence-corrected chi connectivity index (χ1v) is 8.80. The van der Waals surface area contributed by atoms with Gasteiger partial charge in [-0.15, -0.1) is 0 Å². The number of aliphatic hydroxyl groups is 1. The molecule has 2 aromatic heterocycles. The van der Waals surface area contributed by atoms with Crippen LogP contribution in [0.1, 0.15) is 16.1 Å². The van der Waals surface area contributed by atoms with Gasteiger partial charge < -0.3 is 19.1 Å². The van der Waals surface area contributed by atoms with E-state index in [2.05, 4.69) is 4.98 Å². The van der Waals surface area contributed by atoms with E-state index in [0.717, 1.165) is 5.56 Å². The summed E-state index contributed by atoms with van der Waals surface area (Å²) in [5.41, 5.74) is 3.42. The van der Waals surface area contributed by atoms with Gasteiger partial charge >= 0.3 is 0 Å². The van der Waals surface area contributed by atoms with Crippen LogP contribution in [-0.4, -0.2) is 51.6 Å². The second kappa shape index (κ2) is 7.07. The van der Waals surface area contributed by atoms with E-state index in [1.165, 1.54) is 0 Å². The number of aliphatic hydroxyl groups excluding tert-OH is 1. The number of pyridine rings is 1. The molecule has 0 spiro atoms. The molecular weight excluding hydrogens is 354 g/mol. The third kappa shape index (κ3) is 3.07. The van der Waals surface area contributed by atoms with Crippen molar-refractivity contribution in [1.29, 1.82) is 0 Å². The number of hydrogen-bond acceptors (Lipinski definition) is 4. The maximum Gasteiger partial charge on any atom is 0.255 e. The van der Waals surface area contributed by atoms with Crippen LogP contribution in [0.5, 0.6) is 0 Å². The number of aromatic nitrogens is 2. The molecule has 26 heavy (non-hydrogen) atoms. The lowest BCUT2D eigenvalue weighted by molar-refractivity contribution is 0.0302. The Labute approximate surface area is 155 Å². The molecule has 1 aliphatic heterocycles. The summed E-state index contributed by atoms with van der Waals surface area (Å²) in [6, 6.07) is 10.9. The lowest BCUT2D eigenvalue weighted by atomic mass is 10.1. The molecule has 1 amide bonds. The summed E-state index contributed by atoms with van der Waals surface area (Å²) in [5.74, 6) is -0.0409. The summed E-state index contributed by atoms with van der Waals surface area (Å²) in [6.07, 6.45) is 1.74. The molecule has 3 aromatic rings. The second-order valence-electron chi connectivity index (χ2n) is 6.12. The van der Waals surface area contributed by atoms with Crippen molar-refractivity contribution in [3.63, 3.8) is 0 Å². The number of morpholine rings is 1. The van der Waals surface area contributed by atoms with E-state index >= 15 is 0 Å². The minimum absolute atomic E-state index is 0.0409. The number of halogens is 1. The normalized spacial score (nSPS) is 14.8. The molecule has 0 atom stereocenters. The molecule has 134 valence electrons. The highest BCUT2D eigenvalue weighted by Crippen LogP contribution is 2.26. The van der Waals surface area contributed by atoms with Gasteiger partial charge in [-0.2, -0.15) is 0 Å². The smallest absolute Gasteiger partial charge is 0.255 e. The van der Waals surface area contributed by atoms with Crippen LogP contribution in [0.4, 0.5) is 0 Å². The molecule has 1 aromatic carbocycles. The van der Waals surface area contributed by atoms with Crippen molar-refractivity contribution in [2.24, 2.45) is 0 Å².